The second-order valence-electron chi connectivity index (χ2n) is 15.4. The van der Waals surface area contributed by atoms with E-state index in [-0.39, 0.29) is 44.3 Å². The van der Waals surface area contributed by atoms with Gasteiger partial charge in [-0.25, -0.2) is 14.4 Å². The van der Waals surface area contributed by atoms with Crippen molar-refractivity contribution in [3.63, 3.8) is 0 Å². The predicted molar refractivity (Wildman–Crippen MR) is 225 cm³/mol. The third-order valence-corrected chi connectivity index (χ3v) is 11.9. The zero-order valence-electron chi connectivity index (χ0n) is 35.0. The first-order valence-electron chi connectivity index (χ1n) is 20.7. The molecule has 0 aromatic heterocycles. The molecule has 2 amide bonds. The van der Waals surface area contributed by atoms with Crippen LogP contribution in [-0.2, 0) is 37.8 Å². The van der Waals surface area contributed by atoms with E-state index in [9.17, 15) is 24.0 Å². The molecule has 2 heterocycles. The molecule has 0 spiro atoms. The smallest absolute Gasteiger partial charge is 0.338 e. The lowest BCUT2D eigenvalue weighted by Crippen LogP contribution is -2.66. The number of carbonyl (C=O) groups excluding carboxylic acids is 5. The SMILES string of the molecule is CC(=O)N[C@H]1C(OC(=O)c2ccccc2)[C@@H](OC(=O)c2ccccc2)C(COC(=O)c2ccccc2)O[C@H]1OCCCCC(=O)N1CCC(OPN(C(C)C)C(C)C)CC1. The molecule has 324 valence electrons. The zero-order valence-corrected chi connectivity index (χ0v) is 36.0. The summed E-state index contributed by atoms with van der Waals surface area (Å²) in [6, 6.07) is 24.4. The molecule has 0 bridgehead atoms. The van der Waals surface area contributed by atoms with E-state index >= 15 is 0 Å². The summed E-state index contributed by atoms with van der Waals surface area (Å²) >= 11 is 0. The van der Waals surface area contributed by atoms with Crippen LogP contribution in [0.4, 0.5) is 0 Å². The minimum atomic E-state index is -1.37. The van der Waals surface area contributed by atoms with Crippen LogP contribution in [-0.4, -0.2) is 114 Å². The van der Waals surface area contributed by atoms with Gasteiger partial charge >= 0.3 is 17.9 Å². The van der Waals surface area contributed by atoms with Crippen LogP contribution in [0.25, 0.3) is 0 Å². The van der Waals surface area contributed by atoms with E-state index in [1.807, 2.05) is 4.90 Å². The molecule has 1 N–H and O–H groups in total. The van der Waals surface area contributed by atoms with E-state index in [1.165, 1.54) is 6.92 Å². The number of hydrogen-bond donors (Lipinski definition) is 1. The maximum absolute atomic E-state index is 13.6. The number of carbonyl (C=O) groups is 5. The monoisotopic (exact) mass is 847 g/mol. The number of hydrogen-bond acceptors (Lipinski definition) is 12. The summed E-state index contributed by atoms with van der Waals surface area (Å²) in [5.74, 6) is -2.59. The number of amides is 2. The average molecular weight is 848 g/mol. The van der Waals surface area contributed by atoms with Gasteiger partial charge in [0, 0.05) is 45.1 Å². The summed E-state index contributed by atoms with van der Waals surface area (Å²) in [5, 5.41) is 2.79. The van der Waals surface area contributed by atoms with E-state index in [2.05, 4.69) is 37.7 Å². The topological polar surface area (TPSA) is 159 Å². The van der Waals surface area contributed by atoms with Gasteiger partial charge in [0.2, 0.25) is 11.8 Å². The van der Waals surface area contributed by atoms with Crippen LogP contribution in [0.5, 0.6) is 0 Å². The van der Waals surface area contributed by atoms with Crippen LogP contribution in [0.2, 0.25) is 0 Å². The molecule has 2 saturated heterocycles. The Bertz CT molecular complexity index is 1820. The van der Waals surface area contributed by atoms with Gasteiger partial charge < -0.3 is 38.4 Å². The molecule has 5 rings (SSSR count). The van der Waals surface area contributed by atoms with Crippen molar-refractivity contribution in [1.82, 2.24) is 14.9 Å². The number of rotatable bonds is 19. The summed E-state index contributed by atoms with van der Waals surface area (Å²) < 4.78 is 39.0. The lowest BCUT2D eigenvalue weighted by atomic mass is 9.95. The van der Waals surface area contributed by atoms with Crippen molar-refractivity contribution in [1.29, 1.82) is 0 Å². The number of piperidine rings is 1. The second-order valence-corrected chi connectivity index (χ2v) is 16.4. The second kappa shape index (κ2) is 23.3. The standard InChI is InChI=1S/C45H58N3O11P/c1-30(2)48(31(3)4)60-59-36-24-26-47(27-25-36)38(50)23-15-16-28-54-45-39(46-32(5)49)41(58-44(53)35-21-13-8-14-22-35)40(57-43(52)34-19-11-7-12-20-34)37(56-45)29-55-42(51)33-17-9-6-10-18-33/h6-14,17-22,30-31,36-37,39-41,45,60H,15-16,23-29H2,1-5H3,(H,46,49)/t37?,39-,40-,41?,45+/m0/s1. The number of ether oxygens (including phenoxy) is 5. The highest BCUT2D eigenvalue weighted by Gasteiger charge is 2.52. The Balaban J connectivity index is 1.27. The van der Waals surface area contributed by atoms with Crippen LogP contribution in [0, 0.1) is 0 Å². The molecule has 2 aliphatic rings. The average Bonchev–Trinajstić information content (AvgIpc) is 3.25. The molecule has 15 heteroatoms. The van der Waals surface area contributed by atoms with E-state index < -0.39 is 61.1 Å². The van der Waals surface area contributed by atoms with E-state index in [1.54, 1.807) is 91.0 Å². The molecule has 3 unspecified atom stereocenters. The number of esters is 3. The number of nitrogens with zero attached hydrogens (tertiary/aromatic N) is 2. The molecule has 0 radical (unpaired) electrons. The van der Waals surface area contributed by atoms with Gasteiger partial charge in [-0.1, -0.05) is 54.6 Å². The van der Waals surface area contributed by atoms with Crippen molar-refractivity contribution in [2.24, 2.45) is 0 Å². The Morgan fingerprint density at radius 2 is 1.27 bits per heavy atom. The first-order valence-corrected chi connectivity index (χ1v) is 21.5. The fourth-order valence-electron chi connectivity index (χ4n) is 7.10. The van der Waals surface area contributed by atoms with Crippen LogP contribution in [0.1, 0.15) is 97.8 Å². The Labute approximate surface area is 354 Å². The maximum Gasteiger partial charge on any atom is 0.338 e. The third kappa shape index (κ3) is 13.7. The minimum Gasteiger partial charge on any atom is -0.459 e. The number of unbranched alkanes of at least 4 members (excludes halogenated alkanes) is 1. The number of likely N-dealkylation sites (tertiary alicyclic amines) is 1. The highest BCUT2D eigenvalue weighted by atomic mass is 31.1. The number of benzene rings is 3. The summed E-state index contributed by atoms with van der Waals surface area (Å²) in [6.07, 6.45) is -2.18. The van der Waals surface area contributed by atoms with Crippen molar-refractivity contribution >= 4 is 38.7 Å². The molecule has 3 aromatic carbocycles. The van der Waals surface area contributed by atoms with Gasteiger partial charge in [-0.2, -0.15) is 0 Å². The van der Waals surface area contributed by atoms with Crippen LogP contribution in [0.3, 0.4) is 0 Å². The Kier molecular flexibility index (Phi) is 18.0. The molecular formula is C45H58N3O11P. The molecule has 2 fully saturated rings. The molecule has 0 saturated carbocycles. The molecule has 6 atom stereocenters. The Morgan fingerprint density at radius 3 is 1.78 bits per heavy atom. The molecule has 14 nitrogen and oxygen atoms in total. The van der Waals surface area contributed by atoms with Crippen molar-refractivity contribution in [3.8, 4) is 0 Å². The van der Waals surface area contributed by atoms with Crippen molar-refractivity contribution in [2.45, 2.75) is 116 Å². The largest absolute Gasteiger partial charge is 0.459 e. The fourth-order valence-corrected chi connectivity index (χ4v) is 8.03. The first kappa shape index (κ1) is 46.3. The molecule has 2 aliphatic heterocycles. The summed E-state index contributed by atoms with van der Waals surface area (Å²) in [4.78, 5) is 68.1. The van der Waals surface area contributed by atoms with Gasteiger partial charge in [0.15, 0.2) is 18.5 Å². The van der Waals surface area contributed by atoms with Crippen molar-refractivity contribution in [3.05, 3.63) is 108 Å². The molecule has 0 aliphatic carbocycles. The maximum atomic E-state index is 13.6. The minimum absolute atomic E-state index is 0.0585. The quantitative estimate of drug-likeness (QED) is 0.0618. The van der Waals surface area contributed by atoms with Gasteiger partial charge in [0.25, 0.3) is 0 Å². The highest BCUT2D eigenvalue weighted by molar-refractivity contribution is 7.29. The summed E-state index contributed by atoms with van der Waals surface area (Å²) in [6.45, 7) is 10.9. The first-order chi connectivity index (χ1) is 28.9. The molecular weight excluding hydrogens is 789 g/mol. The van der Waals surface area contributed by atoms with Gasteiger partial charge in [-0.15, -0.1) is 0 Å². The lowest BCUT2D eigenvalue weighted by Gasteiger charge is -2.45. The van der Waals surface area contributed by atoms with Gasteiger partial charge in [-0.3, -0.25) is 14.3 Å². The summed E-state index contributed by atoms with van der Waals surface area (Å²) in [7, 11) is 0.285. The zero-order chi connectivity index (χ0) is 43.0. The van der Waals surface area contributed by atoms with Gasteiger partial charge in [0.05, 0.1) is 31.8 Å². The Morgan fingerprint density at radius 1 is 0.750 bits per heavy atom. The molecule has 3 aromatic rings. The van der Waals surface area contributed by atoms with Crippen LogP contribution in [0.15, 0.2) is 91.0 Å². The van der Waals surface area contributed by atoms with Gasteiger partial charge in [-0.05, 0) is 89.8 Å². The fraction of sp³-hybridized carbons (Fsp3) is 0.489. The summed E-state index contributed by atoms with van der Waals surface area (Å²) in [5.41, 5.74) is 0.718. The van der Waals surface area contributed by atoms with Crippen molar-refractivity contribution in [2.75, 3.05) is 26.3 Å². The third-order valence-electron chi connectivity index (χ3n) is 10.2. The normalized spacial score (nSPS) is 21.0. The van der Waals surface area contributed by atoms with E-state index in [0.717, 1.165) is 12.8 Å². The lowest BCUT2D eigenvalue weighted by molar-refractivity contribution is -0.269. The highest BCUT2D eigenvalue weighted by Crippen LogP contribution is 2.32. The van der Waals surface area contributed by atoms with E-state index in [4.69, 9.17) is 28.2 Å². The van der Waals surface area contributed by atoms with Crippen LogP contribution < -0.4 is 5.32 Å². The van der Waals surface area contributed by atoms with Crippen LogP contribution >= 0.6 is 8.96 Å². The Hall–Kier alpha value is -4.72. The van der Waals surface area contributed by atoms with Crippen molar-refractivity contribution < 1.29 is 52.2 Å². The number of nitrogens with one attached hydrogen (secondary N) is 1. The van der Waals surface area contributed by atoms with E-state index in [0.29, 0.717) is 44.4 Å². The predicted octanol–water partition coefficient (Wildman–Crippen LogP) is 6.35. The van der Waals surface area contributed by atoms with Gasteiger partial charge in [0.1, 0.15) is 18.8 Å². The molecule has 60 heavy (non-hydrogen) atoms.